The smallest absolute Gasteiger partial charge is 0.313 e. The maximum atomic E-state index is 13.0. The van der Waals surface area contributed by atoms with Crippen molar-refractivity contribution in [2.45, 2.75) is 12.5 Å². The van der Waals surface area contributed by atoms with E-state index in [1.54, 1.807) is 6.07 Å². The minimum atomic E-state index is -0.891. The lowest BCUT2D eigenvalue weighted by Gasteiger charge is -2.10. The second-order valence-electron chi connectivity index (χ2n) is 4.70. The third kappa shape index (κ3) is 5.02. The molecular formula is C15H14ClFN2O3S. The highest BCUT2D eigenvalue weighted by Crippen LogP contribution is 2.19. The average Bonchev–Trinajstić information content (AvgIpc) is 3.05. The number of rotatable bonds is 5. The third-order valence-corrected chi connectivity index (χ3v) is 4.01. The quantitative estimate of drug-likeness (QED) is 0.721. The van der Waals surface area contributed by atoms with Gasteiger partial charge in [-0.15, -0.1) is 0 Å². The molecule has 0 aliphatic heterocycles. The Bertz CT molecular complexity index is 694. The monoisotopic (exact) mass is 356 g/mol. The number of aliphatic hydroxyl groups excluding tert-OH is 1. The van der Waals surface area contributed by atoms with Crippen LogP contribution in [0, 0.1) is 5.82 Å². The molecule has 5 nitrogen and oxygen atoms in total. The van der Waals surface area contributed by atoms with Gasteiger partial charge >= 0.3 is 11.8 Å². The van der Waals surface area contributed by atoms with Crippen molar-refractivity contribution in [3.63, 3.8) is 0 Å². The van der Waals surface area contributed by atoms with E-state index in [2.05, 4.69) is 10.6 Å². The minimum Gasteiger partial charge on any atom is -0.388 e. The second kappa shape index (κ2) is 8.05. The number of hydrogen-bond acceptors (Lipinski definition) is 4. The summed E-state index contributed by atoms with van der Waals surface area (Å²) in [6, 6.07) is 5.39. The number of anilines is 1. The topological polar surface area (TPSA) is 78.4 Å². The lowest BCUT2D eigenvalue weighted by molar-refractivity contribution is -0.136. The third-order valence-electron chi connectivity index (χ3n) is 3.01. The van der Waals surface area contributed by atoms with Gasteiger partial charge in [0.2, 0.25) is 0 Å². The number of thiophene rings is 1. The summed E-state index contributed by atoms with van der Waals surface area (Å²) in [5.41, 5.74) is 0.990. The molecule has 2 aromatic rings. The summed E-state index contributed by atoms with van der Waals surface area (Å²) in [6.07, 6.45) is -0.404. The van der Waals surface area contributed by atoms with Crippen LogP contribution in [0.5, 0.6) is 0 Å². The Morgan fingerprint density at radius 3 is 2.74 bits per heavy atom. The van der Waals surface area contributed by atoms with E-state index >= 15 is 0 Å². The zero-order valence-corrected chi connectivity index (χ0v) is 13.5. The van der Waals surface area contributed by atoms with Gasteiger partial charge in [0, 0.05) is 12.2 Å². The van der Waals surface area contributed by atoms with E-state index in [1.165, 1.54) is 23.5 Å². The van der Waals surface area contributed by atoms with Crippen LogP contribution >= 0.6 is 22.9 Å². The summed E-state index contributed by atoms with van der Waals surface area (Å²) in [7, 11) is 0. The van der Waals surface area contributed by atoms with Gasteiger partial charge in [-0.1, -0.05) is 11.6 Å². The second-order valence-corrected chi connectivity index (χ2v) is 5.89. The Hall–Kier alpha value is -1.96. The first kappa shape index (κ1) is 17.4. The first-order valence-corrected chi connectivity index (χ1v) is 8.04. The van der Waals surface area contributed by atoms with Gasteiger partial charge < -0.3 is 15.7 Å². The minimum absolute atomic E-state index is 0.146. The summed E-state index contributed by atoms with van der Waals surface area (Å²) >= 11 is 7.06. The summed E-state index contributed by atoms with van der Waals surface area (Å²) < 4.78 is 13.0. The van der Waals surface area contributed by atoms with Gasteiger partial charge in [0.25, 0.3) is 0 Å². The van der Waals surface area contributed by atoms with Gasteiger partial charge in [-0.2, -0.15) is 11.3 Å². The number of carbonyl (C=O) groups excluding carboxylic acids is 2. The highest BCUT2D eigenvalue weighted by molar-refractivity contribution is 7.07. The molecular weight excluding hydrogens is 343 g/mol. The molecule has 122 valence electrons. The lowest BCUT2D eigenvalue weighted by Crippen LogP contribution is -2.36. The molecule has 1 aromatic carbocycles. The Morgan fingerprint density at radius 1 is 1.30 bits per heavy atom. The Kier molecular flexibility index (Phi) is 6.09. The maximum Gasteiger partial charge on any atom is 0.313 e. The van der Waals surface area contributed by atoms with Crippen LogP contribution in [0.4, 0.5) is 10.1 Å². The Morgan fingerprint density at radius 2 is 2.09 bits per heavy atom. The van der Waals surface area contributed by atoms with Crippen LogP contribution in [-0.4, -0.2) is 23.5 Å². The predicted molar refractivity (Wildman–Crippen MR) is 86.9 cm³/mol. The van der Waals surface area contributed by atoms with Crippen LogP contribution in [0.1, 0.15) is 18.1 Å². The lowest BCUT2D eigenvalue weighted by atomic mass is 10.1. The van der Waals surface area contributed by atoms with Gasteiger partial charge in [-0.25, -0.2) is 4.39 Å². The molecule has 23 heavy (non-hydrogen) atoms. The molecule has 3 N–H and O–H groups in total. The van der Waals surface area contributed by atoms with Gasteiger partial charge in [0.05, 0.1) is 11.1 Å². The Labute approximate surface area is 141 Å². The summed E-state index contributed by atoms with van der Waals surface area (Å²) in [4.78, 5) is 23.3. The van der Waals surface area contributed by atoms with E-state index in [1.807, 2.05) is 10.8 Å². The fourth-order valence-electron chi connectivity index (χ4n) is 1.80. The molecule has 2 rings (SSSR count). The van der Waals surface area contributed by atoms with Crippen molar-refractivity contribution in [3.05, 3.63) is 51.4 Å². The van der Waals surface area contributed by atoms with Gasteiger partial charge in [0.15, 0.2) is 0 Å². The molecule has 1 atom stereocenters. The van der Waals surface area contributed by atoms with Crippen LogP contribution in [0.2, 0.25) is 5.02 Å². The fourth-order valence-corrected chi connectivity index (χ4v) is 2.68. The molecule has 2 amide bonds. The van der Waals surface area contributed by atoms with Crippen molar-refractivity contribution in [2.24, 2.45) is 0 Å². The summed E-state index contributed by atoms with van der Waals surface area (Å²) in [6.45, 7) is 0.146. The Balaban J connectivity index is 1.78. The standard InChI is InChI=1S/C15H14ClFN2O3S/c16-11-7-10(1-2-12(11)17)19-15(22)14(21)18-5-3-13(20)9-4-6-23-8-9/h1-2,4,6-8,13,20H,3,5H2,(H,18,21)(H,19,22)/t13-/m1/s1. The van der Waals surface area contributed by atoms with Crippen LogP contribution in [0.3, 0.4) is 0 Å². The average molecular weight is 357 g/mol. The fraction of sp³-hybridized carbons (Fsp3) is 0.200. The van der Waals surface area contributed by atoms with E-state index in [0.29, 0.717) is 0 Å². The molecule has 1 heterocycles. The number of hydrogen-bond donors (Lipinski definition) is 3. The van der Waals surface area contributed by atoms with Gasteiger partial charge in [0.1, 0.15) is 5.82 Å². The SMILES string of the molecule is O=C(NCC[C@@H](O)c1ccsc1)C(=O)Nc1ccc(F)c(Cl)c1. The number of halogens is 2. The highest BCUT2D eigenvalue weighted by Gasteiger charge is 2.15. The first-order valence-electron chi connectivity index (χ1n) is 6.72. The van der Waals surface area contributed by atoms with E-state index in [4.69, 9.17) is 11.6 Å². The normalized spacial score (nSPS) is 11.8. The van der Waals surface area contributed by atoms with Crippen molar-refractivity contribution in [1.82, 2.24) is 5.32 Å². The van der Waals surface area contributed by atoms with Crippen LogP contribution in [0.15, 0.2) is 35.0 Å². The molecule has 0 saturated heterocycles. The van der Waals surface area contributed by atoms with Crippen molar-refractivity contribution >= 4 is 40.4 Å². The number of amides is 2. The molecule has 0 saturated carbocycles. The van der Waals surface area contributed by atoms with Crippen molar-refractivity contribution in [3.8, 4) is 0 Å². The van der Waals surface area contributed by atoms with Crippen LogP contribution in [-0.2, 0) is 9.59 Å². The van der Waals surface area contributed by atoms with Crippen molar-refractivity contribution in [1.29, 1.82) is 0 Å². The van der Waals surface area contributed by atoms with E-state index in [0.717, 1.165) is 11.6 Å². The zero-order chi connectivity index (χ0) is 16.8. The molecule has 0 aliphatic carbocycles. The van der Waals surface area contributed by atoms with Crippen LogP contribution < -0.4 is 10.6 Å². The predicted octanol–water partition coefficient (Wildman–Crippen LogP) is 2.72. The largest absolute Gasteiger partial charge is 0.388 e. The summed E-state index contributed by atoms with van der Waals surface area (Å²) in [5, 5.41) is 18.1. The molecule has 0 unspecified atom stereocenters. The number of aliphatic hydroxyl groups is 1. The molecule has 1 aromatic heterocycles. The van der Waals surface area contributed by atoms with Crippen molar-refractivity contribution < 1.29 is 19.1 Å². The number of benzene rings is 1. The molecule has 0 spiro atoms. The van der Waals surface area contributed by atoms with Gasteiger partial charge in [-0.3, -0.25) is 9.59 Å². The maximum absolute atomic E-state index is 13.0. The van der Waals surface area contributed by atoms with E-state index < -0.39 is 23.7 Å². The highest BCUT2D eigenvalue weighted by atomic mass is 35.5. The first-order chi connectivity index (χ1) is 11.0. The summed E-state index contributed by atoms with van der Waals surface area (Å²) in [5.74, 6) is -2.35. The molecule has 0 bridgehead atoms. The zero-order valence-electron chi connectivity index (χ0n) is 11.9. The molecule has 0 aliphatic rings. The number of nitrogens with one attached hydrogen (secondary N) is 2. The number of carbonyl (C=O) groups is 2. The molecule has 8 heteroatoms. The molecule has 0 radical (unpaired) electrons. The molecule has 0 fully saturated rings. The van der Waals surface area contributed by atoms with Crippen LogP contribution in [0.25, 0.3) is 0 Å². The van der Waals surface area contributed by atoms with E-state index in [-0.39, 0.29) is 23.7 Å². The van der Waals surface area contributed by atoms with Crippen molar-refractivity contribution in [2.75, 3.05) is 11.9 Å². The van der Waals surface area contributed by atoms with Gasteiger partial charge in [-0.05, 0) is 47.0 Å². The van der Waals surface area contributed by atoms with E-state index in [9.17, 15) is 19.1 Å².